The predicted molar refractivity (Wildman–Crippen MR) is 146 cm³/mol. The van der Waals surface area contributed by atoms with E-state index < -0.39 is 21.8 Å². The number of nitrogens with zero attached hydrogens (tertiary/aromatic N) is 2. The molecule has 1 fully saturated rings. The lowest BCUT2D eigenvalue weighted by Crippen LogP contribution is -2.38. The maximum absolute atomic E-state index is 13.7. The molecule has 0 saturated carbocycles. The number of hydrogen-bond acceptors (Lipinski definition) is 7. The second-order valence-corrected chi connectivity index (χ2v) is 11.0. The molecule has 0 N–H and O–H groups in total. The summed E-state index contributed by atoms with van der Waals surface area (Å²) in [5.74, 6) is -1.40. The summed E-state index contributed by atoms with van der Waals surface area (Å²) < 4.78 is 39.4. The minimum atomic E-state index is -4.12. The van der Waals surface area contributed by atoms with Gasteiger partial charge in [0.15, 0.2) is 5.76 Å². The molecule has 0 aliphatic carbocycles. The molecular formula is C30H28N2O6S. The highest BCUT2D eigenvalue weighted by Gasteiger charge is 2.41. The largest absolute Gasteiger partial charge is 0.420 e. The number of esters is 1. The number of rotatable bonds is 8. The van der Waals surface area contributed by atoms with Gasteiger partial charge in [0.1, 0.15) is 5.70 Å². The van der Waals surface area contributed by atoms with E-state index in [9.17, 15) is 18.0 Å². The fraction of sp³-hybridized carbons (Fsp3) is 0.200. The number of hydrogen-bond donors (Lipinski definition) is 0. The summed E-state index contributed by atoms with van der Waals surface area (Å²) in [7, 11) is -4.12. The molecule has 0 unspecified atom stereocenters. The molecule has 0 aromatic heterocycles. The van der Waals surface area contributed by atoms with Gasteiger partial charge in [0, 0.05) is 30.8 Å². The van der Waals surface area contributed by atoms with E-state index in [0.717, 1.165) is 29.5 Å². The molecule has 3 aromatic rings. The van der Waals surface area contributed by atoms with Gasteiger partial charge in [0.05, 0.1) is 30.2 Å². The third-order valence-electron chi connectivity index (χ3n) is 6.60. The molecule has 2 heterocycles. The Labute approximate surface area is 227 Å². The van der Waals surface area contributed by atoms with Crippen LogP contribution in [-0.4, -0.2) is 62.2 Å². The zero-order valence-corrected chi connectivity index (χ0v) is 22.1. The molecule has 200 valence electrons. The number of carbonyl (C=O) groups is 2. The van der Waals surface area contributed by atoms with Gasteiger partial charge in [-0.2, -0.15) is 0 Å². The van der Waals surface area contributed by atoms with Gasteiger partial charge in [0.25, 0.3) is 10.0 Å². The number of ketones is 1. The monoisotopic (exact) mass is 544 g/mol. The molecule has 3 aromatic carbocycles. The zero-order valence-electron chi connectivity index (χ0n) is 21.3. The van der Waals surface area contributed by atoms with Crippen LogP contribution in [0.4, 0.5) is 0 Å². The molecule has 0 bridgehead atoms. The van der Waals surface area contributed by atoms with Gasteiger partial charge in [-0.3, -0.25) is 14.0 Å². The van der Waals surface area contributed by atoms with Crippen molar-refractivity contribution in [3.63, 3.8) is 0 Å². The van der Waals surface area contributed by atoms with E-state index in [0.29, 0.717) is 13.2 Å². The van der Waals surface area contributed by atoms with Crippen molar-refractivity contribution in [3.8, 4) is 0 Å². The topological polar surface area (TPSA) is 93.2 Å². The minimum absolute atomic E-state index is 0.0554. The van der Waals surface area contributed by atoms with Crippen LogP contribution in [0.1, 0.15) is 31.8 Å². The summed E-state index contributed by atoms with van der Waals surface area (Å²) in [6, 6.07) is 21.5. The van der Waals surface area contributed by atoms with Crippen molar-refractivity contribution in [2.24, 2.45) is 0 Å². The molecule has 0 spiro atoms. The van der Waals surface area contributed by atoms with Crippen LogP contribution in [-0.2, 0) is 26.0 Å². The Kier molecular flexibility index (Phi) is 7.74. The number of carbonyl (C=O) groups excluding carboxylic acids is 2. The van der Waals surface area contributed by atoms with Crippen LogP contribution in [0.2, 0.25) is 0 Å². The molecule has 1 saturated heterocycles. The van der Waals surface area contributed by atoms with Crippen LogP contribution in [0.5, 0.6) is 0 Å². The Balaban J connectivity index is 1.54. The van der Waals surface area contributed by atoms with Crippen molar-refractivity contribution in [3.05, 3.63) is 119 Å². The van der Waals surface area contributed by atoms with Crippen molar-refractivity contribution >= 4 is 27.5 Å². The van der Waals surface area contributed by atoms with Crippen molar-refractivity contribution < 1.29 is 27.5 Å². The first-order valence-corrected chi connectivity index (χ1v) is 14.0. The Morgan fingerprint density at radius 1 is 0.897 bits per heavy atom. The normalized spacial score (nSPS) is 16.9. The Morgan fingerprint density at radius 3 is 2.26 bits per heavy atom. The van der Waals surface area contributed by atoms with Gasteiger partial charge in [-0.1, -0.05) is 60.7 Å². The average molecular weight is 545 g/mol. The summed E-state index contributed by atoms with van der Waals surface area (Å²) in [4.78, 5) is 29.3. The molecule has 2 aliphatic heterocycles. The fourth-order valence-electron chi connectivity index (χ4n) is 4.63. The Hall–Kier alpha value is -4.05. The molecule has 9 heteroatoms. The number of fused-ring (bicyclic) bond motifs is 1. The van der Waals surface area contributed by atoms with E-state index in [4.69, 9.17) is 9.47 Å². The van der Waals surface area contributed by atoms with Crippen LogP contribution in [0.15, 0.2) is 102 Å². The summed E-state index contributed by atoms with van der Waals surface area (Å²) in [5, 5.41) is 0. The first kappa shape index (κ1) is 26.6. The van der Waals surface area contributed by atoms with Crippen molar-refractivity contribution in [2.45, 2.75) is 11.4 Å². The van der Waals surface area contributed by atoms with E-state index in [1.54, 1.807) is 54.6 Å². The molecule has 0 radical (unpaired) electrons. The molecule has 39 heavy (non-hydrogen) atoms. The number of benzene rings is 3. The van der Waals surface area contributed by atoms with Crippen LogP contribution >= 0.6 is 0 Å². The van der Waals surface area contributed by atoms with Crippen LogP contribution < -0.4 is 0 Å². The van der Waals surface area contributed by atoms with Crippen molar-refractivity contribution in [1.29, 1.82) is 0 Å². The molecule has 2 aliphatic rings. The fourth-order valence-corrected chi connectivity index (χ4v) is 6.26. The Morgan fingerprint density at radius 2 is 1.56 bits per heavy atom. The van der Waals surface area contributed by atoms with Crippen LogP contribution in [0.25, 0.3) is 5.76 Å². The van der Waals surface area contributed by atoms with E-state index in [1.165, 1.54) is 18.2 Å². The third-order valence-corrected chi connectivity index (χ3v) is 8.43. The number of morpholine rings is 1. The lowest BCUT2D eigenvalue weighted by Gasteiger charge is -2.32. The second-order valence-electron chi connectivity index (χ2n) is 9.17. The summed E-state index contributed by atoms with van der Waals surface area (Å²) >= 11 is 0. The van der Waals surface area contributed by atoms with Crippen LogP contribution in [0, 0.1) is 0 Å². The number of ether oxygens (including phenoxy) is 2. The highest BCUT2D eigenvalue weighted by molar-refractivity contribution is 7.89. The maximum Gasteiger partial charge on any atom is 0.343 e. The summed E-state index contributed by atoms with van der Waals surface area (Å²) in [6.07, 6.45) is 1.39. The van der Waals surface area contributed by atoms with Gasteiger partial charge < -0.3 is 9.47 Å². The van der Waals surface area contributed by atoms with Crippen LogP contribution in [0.3, 0.4) is 0 Å². The minimum Gasteiger partial charge on any atom is -0.420 e. The lowest BCUT2D eigenvalue weighted by atomic mass is 10.0. The zero-order chi connectivity index (χ0) is 27.4. The number of sulfonamides is 1. The standard InChI is InChI=1S/C30H28N2O6S/c1-2-16-32-27(28(33)23-8-4-3-5-9-23)29(25-10-6-7-11-26(25)39(32,35)36)38-30(34)24-14-12-22(13-15-24)21-31-17-19-37-20-18-31/h2-15H,1,16-21H2. The summed E-state index contributed by atoms with van der Waals surface area (Å²) in [6.45, 7) is 7.32. The smallest absolute Gasteiger partial charge is 0.343 e. The first-order valence-electron chi connectivity index (χ1n) is 12.6. The van der Waals surface area contributed by atoms with E-state index in [2.05, 4.69) is 11.5 Å². The Bertz CT molecular complexity index is 1530. The van der Waals surface area contributed by atoms with Gasteiger partial charge in [0.2, 0.25) is 5.78 Å². The van der Waals surface area contributed by atoms with Gasteiger partial charge in [-0.15, -0.1) is 6.58 Å². The molecule has 8 nitrogen and oxygen atoms in total. The predicted octanol–water partition coefficient (Wildman–Crippen LogP) is 4.12. The number of Topliss-reactive ketones (excluding diaryl/α,β-unsaturated/α-hetero) is 1. The molecule has 0 atom stereocenters. The second kappa shape index (κ2) is 11.4. The molecule has 5 rings (SSSR count). The highest BCUT2D eigenvalue weighted by atomic mass is 32.2. The van der Waals surface area contributed by atoms with E-state index >= 15 is 0 Å². The van der Waals surface area contributed by atoms with Gasteiger partial charge in [-0.25, -0.2) is 13.2 Å². The van der Waals surface area contributed by atoms with Gasteiger partial charge >= 0.3 is 5.97 Å². The maximum atomic E-state index is 13.7. The SMILES string of the molecule is C=CCN1C(C(=O)c2ccccc2)=C(OC(=O)c2ccc(CN3CCOCC3)cc2)c2ccccc2S1(=O)=O. The van der Waals surface area contributed by atoms with E-state index in [-0.39, 0.29) is 39.6 Å². The quantitative estimate of drug-likeness (QED) is 0.239. The summed E-state index contributed by atoms with van der Waals surface area (Å²) in [5.41, 5.74) is 1.49. The highest BCUT2D eigenvalue weighted by Crippen LogP contribution is 2.39. The van der Waals surface area contributed by atoms with Gasteiger partial charge in [-0.05, 0) is 29.8 Å². The molecular weight excluding hydrogens is 516 g/mol. The molecule has 0 amide bonds. The van der Waals surface area contributed by atoms with E-state index in [1.807, 2.05) is 12.1 Å². The lowest BCUT2D eigenvalue weighted by molar-refractivity contribution is 0.0342. The van der Waals surface area contributed by atoms with Crippen molar-refractivity contribution in [1.82, 2.24) is 9.21 Å². The third kappa shape index (κ3) is 5.42. The van der Waals surface area contributed by atoms with Crippen molar-refractivity contribution in [2.75, 3.05) is 32.8 Å². The number of allylic oxidation sites excluding steroid dienone is 1. The average Bonchev–Trinajstić information content (AvgIpc) is 2.97. The first-order chi connectivity index (χ1) is 18.9.